The third kappa shape index (κ3) is 3.07. The molecule has 1 aromatic carbocycles. The van der Waals surface area contributed by atoms with Crippen LogP contribution in [0.25, 0.3) is 11.3 Å². The van der Waals surface area contributed by atoms with Crippen molar-refractivity contribution < 1.29 is 4.79 Å². The summed E-state index contributed by atoms with van der Waals surface area (Å²) in [5.41, 5.74) is 5.39. The number of carbonyl (C=O) groups excluding carboxylic acids is 1. The smallest absolute Gasteiger partial charge is 0.168 e. The van der Waals surface area contributed by atoms with Crippen LogP contribution in [0.1, 0.15) is 29.4 Å². The molecule has 5 heteroatoms. The Morgan fingerprint density at radius 1 is 1.12 bits per heavy atom. The maximum absolute atomic E-state index is 12.8. The summed E-state index contributed by atoms with van der Waals surface area (Å²) in [4.78, 5) is 20.4. The van der Waals surface area contributed by atoms with Gasteiger partial charge in [0, 0.05) is 46.9 Å². The number of hydrogen-bond donors (Lipinski definition) is 3. The first-order valence-corrected chi connectivity index (χ1v) is 8.71. The molecule has 0 saturated heterocycles. The number of carbonyl (C=O) groups is 1. The fraction of sp³-hybridized carbons (Fsp3) is 0.200. The van der Waals surface area contributed by atoms with Crippen LogP contribution in [-0.4, -0.2) is 20.5 Å². The predicted molar refractivity (Wildman–Crippen MR) is 104 cm³/mol. The molecule has 1 unspecified atom stereocenters. The van der Waals surface area contributed by atoms with Gasteiger partial charge in [-0.25, -0.2) is 0 Å². The van der Waals surface area contributed by atoms with Gasteiger partial charge in [0.25, 0.3) is 0 Å². The molecule has 4 nitrogen and oxygen atoms in total. The Bertz CT molecular complexity index is 917. The van der Waals surface area contributed by atoms with Gasteiger partial charge in [0.1, 0.15) is 0 Å². The van der Waals surface area contributed by atoms with Crippen molar-refractivity contribution in [1.29, 1.82) is 0 Å². The van der Waals surface area contributed by atoms with E-state index in [2.05, 4.69) is 27.9 Å². The van der Waals surface area contributed by atoms with Crippen LogP contribution in [0.3, 0.4) is 0 Å². The number of fused-ring (bicyclic) bond motifs is 1. The molecule has 1 aliphatic carbocycles. The van der Waals surface area contributed by atoms with Crippen LogP contribution in [0, 0.1) is 0 Å². The van der Waals surface area contributed by atoms with Crippen LogP contribution < -0.4 is 5.32 Å². The van der Waals surface area contributed by atoms with Gasteiger partial charge in [-0.3, -0.25) is 9.78 Å². The van der Waals surface area contributed by atoms with Gasteiger partial charge in [0.15, 0.2) is 5.78 Å². The van der Waals surface area contributed by atoms with Crippen molar-refractivity contribution >= 4 is 29.8 Å². The Morgan fingerprint density at radius 2 is 1.84 bits per heavy atom. The van der Waals surface area contributed by atoms with E-state index in [0.717, 1.165) is 40.3 Å². The van der Waals surface area contributed by atoms with Gasteiger partial charge >= 0.3 is 0 Å². The number of H-pyrrole nitrogens is 1. The number of thiol groups is 1. The number of aromatic nitrogens is 2. The maximum Gasteiger partial charge on any atom is 0.168 e. The zero-order chi connectivity index (χ0) is 17.4. The molecule has 0 radical (unpaired) electrons. The predicted octanol–water partition coefficient (Wildman–Crippen LogP) is 4.64. The number of aromatic amines is 1. The summed E-state index contributed by atoms with van der Waals surface area (Å²) in [6.07, 6.45) is 4.67. The number of hydrogen-bond acceptors (Lipinski definition) is 4. The summed E-state index contributed by atoms with van der Waals surface area (Å²) in [6, 6.07) is 13.8. The molecule has 0 aliphatic heterocycles. The quantitative estimate of drug-likeness (QED) is 0.604. The second-order valence-corrected chi connectivity index (χ2v) is 7.81. The van der Waals surface area contributed by atoms with Crippen LogP contribution in [0.2, 0.25) is 0 Å². The highest BCUT2D eigenvalue weighted by molar-refractivity contribution is 7.81. The van der Waals surface area contributed by atoms with Crippen molar-refractivity contribution in [2.45, 2.75) is 24.5 Å². The third-order valence-electron chi connectivity index (χ3n) is 4.47. The lowest BCUT2D eigenvalue weighted by molar-refractivity contribution is 0.0963. The maximum atomic E-state index is 12.8. The lowest BCUT2D eigenvalue weighted by atomic mass is 9.86. The average Bonchev–Trinajstić information content (AvgIpc) is 2.93. The number of anilines is 2. The Balaban J connectivity index is 1.88. The number of benzene rings is 1. The van der Waals surface area contributed by atoms with Gasteiger partial charge in [-0.05, 0) is 31.2 Å². The number of rotatable bonds is 3. The molecule has 0 saturated carbocycles. The molecule has 0 amide bonds. The van der Waals surface area contributed by atoms with Crippen molar-refractivity contribution in [2.75, 3.05) is 5.32 Å². The first-order chi connectivity index (χ1) is 12.0. The van der Waals surface area contributed by atoms with Gasteiger partial charge < -0.3 is 10.3 Å². The second-order valence-electron chi connectivity index (χ2n) is 6.73. The van der Waals surface area contributed by atoms with Gasteiger partial charge in [-0.1, -0.05) is 18.2 Å². The van der Waals surface area contributed by atoms with Crippen LogP contribution in [0.5, 0.6) is 0 Å². The largest absolute Gasteiger partial charge is 0.356 e. The van der Waals surface area contributed by atoms with E-state index in [1.54, 1.807) is 12.4 Å². The molecular formula is C20H19N3OS. The van der Waals surface area contributed by atoms with Gasteiger partial charge in [0.05, 0.1) is 16.9 Å². The monoisotopic (exact) mass is 349 g/mol. The molecule has 0 fully saturated rings. The fourth-order valence-electron chi connectivity index (χ4n) is 3.40. The summed E-state index contributed by atoms with van der Waals surface area (Å²) >= 11 is 4.66. The summed E-state index contributed by atoms with van der Waals surface area (Å²) in [5, 5.41) is 3.44. The minimum Gasteiger partial charge on any atom is -0.356 e. The molecule has 2 aromatic heterocycles. The van der Waals surface area contributed by atoms with Crippen molar-refractivity contribution in [3.8, 4) is 11.3 Å². The number of ketones is 1. The van der Waals surface area contributed by atoms with Crippen molar-refractivity contribution in [3.05, 3.63) is 66.1 Å². The molecule has 25 heavy (non-hydrogen) atoms. The molecule has 1 atom stereocenters. The van der Waals surface area contributed by atoms with Gasteiger partial charge in [-0.2, -0.15) is 12.6 Å². The zero-order valence-corrected chi connectivity index (χ0v) is 14.8. The highest BCUT2D eigenvalue weighted by atomic mass is 32.1. The molecule has 1 aliphatic rings. The molecular weight excluding hydrogens is 330 g/mol. The Kier molecular flexibility index (Phi) is 3.88. The van der Waals surface area contributed by atoms with Crippen molar-refractivity contribution in [2.24, 2.45) is 0 Å². The van der Waals surface area contributed by atoms with E-state index < -0.39 is 0 Å². The van der Waals surface area contributed by atoms with Gasteiger partial charge in [0.2, 0.25) is 0 Å². The zero-order valence-electron chi connectivity index (χ0n) is 13.9. The normalized spacial score (nSPS) is 19.5. The summed E-state index contributed by atoms with van der Waals surface area (Å²) in [6.45, 7) is 2.01. The standard InChI is InChI=1S/C20H19N3OS/c1-20(25)11-15-17(16(24)12-20)19(22-14-5-3-2-4-6-14)18(23-15)13-7-9-21-10-8-13/h2-10,22-23,25H,11-12H2,1H3. The van der Waals surface area contributed by atoms with Crippen molar-refractivity contribution in [3.63, 3.8) is 0 Å². The summed E-state index contributed by atoms with van der Waals surface area (Å²) in [5.74, 6) is 0.119. The molecule has 4 rings (SSSR count). The highest BCUT2D eigenvalue weighted by Crippen LogP contribution is 2.42. The molecule has 2 heterocycles. The van der Waals surface area contributed by atoms with Crippen LogP contribution in [-0.2, 0) is 6.42 Å². The van der Waals surface area contributed by atoms with E-state index >= 15 is 0 Å². The van der Waals surface area contributed by atoms with E-state index in [-0.39, 0.29) is 10.5 Å². The van der Waals surface area contributed by atoms with E-state index in [0.29, 0.717) is 6.42 Å². The average molecular weight is 349 g/mol. The molecule has 3 aromatic rings. The molecule has 2 N–H and O–H groups in total. The van der Waals surface area contributed by atoms with E-state index in [4.69, 9.17) is 0 Å². The van der Waals surface area contributed by atoms with Crippen molar-refractivity contribution in [1.82, 2.24) is 9.97 Å². The number of nitrogens with zero attached hydrogens (tertiary/aromatic N) is 1. The Morgan fingerprint density at radius 3 is 2.56 bits per heavy atom. The van der Waals surface area contributed by atoms with E-state index in [1.807, 2.05) is 49.4 Å². The van der Waals surface area contributed by atoms with Crippen LogP contribution >= 0.6 is 12.6 Å². The molecule has 0 bridgehead atoms. The lowest BCUT2D eigenvalue weighted by Gasteiger charge is -2.27. The van der Waals surface area contributed by atoms with Crippen LogP contribution in [0.4, 0.5) is 11.4 Å². The first kappa shape index (κ1) is 16.0. The number of pyridine rings is 1. The number of nitrogens with one attached hydrogen (secondary N) is 2. The minimum absolute atomic E-state index is 0.119. The third-order valence-corrected chi connectivity index (χ3v) is 4.78. The Labute approximate surface area is 152 Å². The fourth-order valence-corrected chi connectivity index (χ4v) is 3.70. The van der Waals surface area contributed by atoms with Crippen LogP contribution in [0.15, 0.2) is 54.9 Å². The molecule has 126 valence electrons. The van der Waals surface area contributed by atoms with E-state index in [1.165, 1.54) is 0 Å². The highest BCUT2D eigenvalue weighted by Gasteiger charge is 2.36. The molecule has 0 spiro atoms. The number of Topliss-reactive ketones (excluding diaryl/α,β-unsaturated/α-hetero) is 1. The summed E-state index contributed by atoms with van der Waals surface area (Å²) < 4.78 is -0.325. The van der Waals surface area contributed by atoms with E-state index in [9.17, 15) is 4.79 Å². The SMILES string of the molecule is CC1(S)CC(=O)c2c([nH]c(-c3ccncc3)c2Nc2ccccc2)C1. The topological polar surface area (TPSA) is 57.8 Å². The number of para-hydroxylation sites is 1. The van der Waals surface area contributed by atoms with Gasteiger partial charge in [-0.15, -0.1) is 0 Å². The minimum atomic E-state index is -0.325. The lowest BCUT2D eigenvalue weighted by Crippen LogP contribution is -2.30. The first-order valence-electron chi connectivity index (χ1n) is 8.26. The summed E-state index contributed by atoms with van der Waals surface area (Å²) in [7, 11) is 0. The second kappa shape index (κ2) is 6.08. The Hall–Kier alpha value is -2.53.